The van der Waals surface area contributed by atoms with Crippen LogP contribution in [-0.4, -0.2) is 34.6 Å². The Balaban J connectivity index is 1.59. The third kappa shape index (κ3) is 2.79. The summed E-state index contributed by atoms with van der Waals surface area (Å²) in [7, 11) is -0.579. The number of benzene rings is 1. The van der Waals surface area contributed by atoms with Crippen LogP contribution in [0.25, 0.3) is 22.2 Å². The highest BCUT2D eigenvalue weighted by Crippen LogP contribution is 2.48. The second kappa shape index (κ2) is 5.70. The molecule has 0 saturated carbocycles. The first-order chi connectivity index (χ1) is 13.6. The Bertz CT molecular complexity index is 1110. The van der Waals surface area contributed by atoms with Crippen molar-refractivity contribution < 1.29 is 27.6 Å². The number of nitrogens with one attached hydrogen (secondary N) is 1. The first-order valence-electron chi connectivity index (χ1n) is 9.28. The summed E-state index contributed by atoms with van der Waals surface area (Å²) in [5, 5.41) is 0.740. The van der Waals surface area contributed by atoms with Crippen LogP contribution in [0.4, 0.5) is 8.78 Å². The molecule has 29 heavy (non-hydrogen) atoms. The number of halogens is 2. The van der Waals surface area contributed by atoms with E-state index in [1.165, 1.54) is 6.07 Å². The lowest BCUT2D eigenvalue weighted by atomic mass is 9.79. The highest BCUT2D eigenvalue weighted by atomic mass is 19.3. The Kier molecular flexibility index (Phi) is 3.62. The second-order valence-corrected chi connectivity index (χ2v) is 8.26. The van der Waals surface area contributed by atoms with Gasteiger partial charge in [-0.15, -0.1) is 8.78 Å². The van der Waals surface area contributed by atoms with E-state index in [1.807, 2.05) is 33.8 Å². The van der Waals surface area contributed by atoms with Crippen LogP contribution in [0.2, 0.25) is 0 Å². The van der Waals surface area contributed by atoms with Gasteiger partial charge < -0.3 is 23.8 Å². The summed E-state index contributed by atoms with van der Waals surface area (Å²) in [6, 6.07) is 6.68. The summed E-state index contributed by atoms with van der Waals surface area (Å²) < 4.78 is 48.7. The van der Waals surface area contributed by atoms with Crippen LogP contribution in [0.3, 0.4) is 0 Å². The summed E-state index contributed by atoms with van der Waals surface area (Å²) in [6.45, 7) is 7.91. The fourth-order valence-electron chi connectivity index (χ4n) is 3.53. The summed E-state index contributed by atoms with van der Waals surface area (Å²) in [5.74, 6) is -0.00337. The first-order valence-corrected chi connectivity index (χ1v) is 9.28. The zero-order chi connectivity index (χ0) is 20.6. The molecule has 1 fully saturated rings. The normalized spacial score (nSPS) is 21.1. The quantitative estimate of drug-likeness (QED) is 0.662. The van der Waals surface area contributed by atoms with E-state index in [0.29, 0.717) is 16.8 Å². The van der Waals surface area contributed by atoms with Crippen molar-refractivity contribution in [2.75, 3.05) is 0 Å². The molecule has 1 aromatic carbocycles. The van der Waals surface area contributed by atoms with Gasteiger partial charge >= 0.3 is 13.4 Å². The van der Waals surface area contributed by atoms with E-state index in [-0.39, 0.29) is 11.5 Å². The molecule has 3 aromatic rings. The summed E-state index contributed by atoms with van der Waals surface area (Å²) >= 11 is 0. The lowest BCUT2D eigenvalue weighted by Crippen LogP contribution is -2.41. The molecule has 0 bridgehead atoms. The van der Waals surface area contributed by atoms with E-state index in [0.717, 1.165) is 10.8 Å². The highest BCUT2D eigenvalue weighted by Gasteiger charge is 2.52. The number of aromatic nitrogens is 2. The molecule has 1 N–H and O–H groups in total. The lowest BCUT2D eigenvalue weighted by molar-refractivity contribution is -0.286. The monoisotopic (exact) mass is 400 g/mol. The number of rotatable bonds is 2. The fraction of sp³-hybridized carbons (Fsp3) is 0.350. The molecule has 5 rings (SSSR count). The Hall–Kier alpha value is -2.65. The van der Waals surface area contributed by atoms with Gasteiger partial charge in [0, 0.05) is 34.4 Å². The predicted molar refractivity (Wildman–Crippen MR) is 103 cm³/mol. The van der Waals surface area contributed by atoms with Crippen molar-refractivity contribution >= 4 is 23.6 Å². The minimum Gasteiger partial charge on any atom is -0.399 e. The summed E-state index contributed by atoms with van der Waals surface area (Å²) in [6.07, 6.45) is -0.286. The minimum absolute atomic E-state index is 0.000522. The zero-order valence-corrected chi connectivity index (χ0v) is 16.4. The topological polar surface area (TPSA) is 65.6 Å². The average Bonchev–Trinajstić information content (AvgIpc) is 3.24. The van der Waals surface area contributed by atoms with E-state index < -0.39 is 24.6 Å². The molecule has 150 valence electrons. The number of para-hydroxylation sites is 1. The third-order valence-corrected chi connectivity index (χ3v) is 5.80. The number of ether oxygens (including phenoxy) is 2. The van der Waals surface area contributed by atoms with Crippen LogP contribution in [-0.2, 0) is 9.31 Å². The van der Waals surface area contributed by atoms with Gasteiger partial charge in [-0.2, -0.15) is 0 Å². The van der Waals surface area contributed by atoms with E-state index in [9.17, 15) is 8.78 Å². The van der Waals surface area contributed by atoms with Crippen LogP contribution >= 0.6 is 0 Å². The van der Waals surface area contributed by atoms with E-state index in [1.54, 1.807) is 24.5 Å². The fourth-order valence-corrected chi connectivity index (χ4v) is 3.53. The van der Waals surface area contributed by atoms with Crippen molar-refractivity contribution in [3.63, 3.8) is 0 Å². The van der Waals surface area contributed by atoms with Gasteiger partial charge in [0.15, 0.2) is 11.5 Å². The number of pyridine rings is 1. The van der Waals surface area contributed by atoms with Crippen molar-refractivity contribution in [2.45, 2.75) is 45.2 Å². The zero-order valence-electron chi connectivity index (χ0n) is 16.4. The predicted octanol–water partition coefficient (Wildman–Crippen LogP) is 3.85. The minimum atomic E-state index is -3.68. The van der Waals surface area contributed by atoms with Gasteiger partial charge in [-0.25, -0.2) is 4.98 Å². The molecule has 0 aliphatic carbocycles. The summed E-state index contributed by atoms with van der Waals surface area (Å²) in [4.78, 5) is 7.53. The molecule has 0 amide bonds. The molecule has 0 atom stereocenters. The van der Waals surface area contributed by atoms with Gasteiger partial charge in [0.1, 0.15) is 5.65 Å². The number of fused-ring (bicyclic) bond motifs is 2. The SMILES string of the molecule is CC1(C)OB(c2cnc3[nH]cc(-c4cccc5c4OC(F)(F)O5)c3c2)OC1(C)C. The van der Waals surface area contributed by atoms with Crippen molar-refractivity contribution in [1.82, 2.24) is 9.97 Å². The van der Waals surface area contributed by atoms with Crippen LogP contribution in [0.15, 0.2) is 36.7 Å². The summed E-state index contributed by atoms with van der Waals surface area (Å²) in [5.41, 5.74) is 1.55. The maximum atomic E-state index is 13.6. The molecular formula is C20H19BF2N2O4. The van der Waals surface area contributed by atoms with Gasteiger partial charge in [0.2, 0.25) is 0 Å². The standard InChI is InChI=1S/C20H19BF2N2O4/c1-18(2)19(3,4)29-21(28-18)11-8-13-14(10-25-17(13)24-9-11)12-6-5-7-15-16(12)27-20(22,23)26-15/h5-10H,1-4H3,(H,24,25). The van der Waals surface area contributed by atoms with Crippen LogP contribution in [0.1, 0.15) is 27.7 Å². The smallest absolute Gasteiger partial charge is 0.399 e. The number of aromatic amines is 1. The van der Waals surface area contributed by atoms with Gasteiger partial charge in [-0.3, -0.25) is 0 Å². The molecule has 2 aromatic heterocycles. The average molecular weight is 400 g/mol. The Morgan fingerprint density at radius 3 is 2.45 bits per heavy atom. The molecule has 4 heterocycles. The van der Waals surface area contributed by atoms with Crippen LogP contribution < -0.4 is 14.9 Å². The molecule has 0 spiro atoms. The Morgan fingerprint density at radius 2 is 1.72 bits per heavy atom. The van der Waals surface area contributed by atoms with Crippen LogP contribution in [0, 0.1) is 0 Å². The van der Waals surface area contributed by atoms with Crippen molar-refractivity contribution in [3.8, 4) is 22.6 Å². The maximum Gasteiger partial charge on any atom is 0.586 e. The highest BCUT2D eigenvalue weighted by molar-refractivity contribution is 6.62. The van der Waals surface area contributed by atoms with Gasteiger partial charge in [-0.05, 0) is 39.8 Å². The van der Waals surface area contributed by atoms with Crippen molar-refractivity contribution in [3.05, 3.63) is 36.7 Å². The van der Waals surface area contributed by atoms with Crippen molar-refractivity contribution in [1.29, 1.82) is 0 Å². The Morgan fingerprint density at radius 1 is 1.00 bits per heavy atom. The first kappa shape index (κ1) is 18.4. The van der Waals surface area contributed by atoms with Gasteiger partial charge in [0.25, 0.3) is 0 Å². The number of nitrogens with zero attached hydrogens (tertiary/aromatic N) is 1. The third-order valence-electron chi connectivity index (χ3n) is 5.80. The number of alkyl halides is 2. The maximum absolute atomic E-state index is 13.6. The number of H-pyrrole nitrogens is 1. The van der Waals surface area contributed by atoms with Crippen molar-refractivity contribution in [2.24, 2.45) is 0 Å². The molecule has 0 radical (unpaired) electrons. The largest absolute Gasteiger partial charge is 0.586 e. The molecular weight excluding hydrogens is 381 g/mol. The molecule has 0 unspecified atom stereocenters. The van der Waals surface area contributed by atoms with E-state index >= 15 is 0 Å². The Labute approximate surface area is 166 Å². The molecule has 6 nitrogen and oxygen atoms in total. The number of hydrogen-bond acceptors (Lipinski definition) is 5. The molecule has 2 aliphatic heterocycles. The van der Waals surface area contributed by atoms with Crippen LogP contribution in [0.5, 0.6) is 11.5 Å². The molecule has 1 saturated heterocycles. The van der Waals surface area contributed by atoms with Gasteiger partial charge in [0.05, 0.1) is 11.2 Å². The van der Waals surface area contributed by atoms with Gasteiger partial charge in [-0.1, -0.05) is 12.1 Å². The molecule has 2 aliphatic rings. The molecule has 9 heteroatoms. The number of hydrogen-bond donors (Lipinski definition) is 1. The second-order valence-electron chi connectivity index (χ2n) is 8.26. The van der Waals surface area contributed by atoms with E-state index in [2.05, 4.69) is 14.7 Å². The lowest BCUT2D eigenvalue weighted by Gasteiger charge is -2.32. The van der Waals surface area contributed by atoms with E-state index in [4.69, 9.17) is 14.0 Å².